The molecule has 1 saturated heterocycles. The summed E-state index contributed by atoms with van der Waals surface area (Å²) in [6.45, 7) is 4.17. The normalized spacial score (nSPS) is 22.2. The Balaban J connectivity index is 1.85. The molecule has 0 radical (unpaired) electrons. The van der Waals surface area contributed by atoms with E-state index in [1.807, 2.05) is 0 Å². The van der Waals surface area contributed by atoms with Gasteiger partial charge in [-0.25, -0.2) is 0 Å². The van der Waals surface area contributed by atoms with Gasteiger partial charge in [-0.05, 0) is 12.0 Å². The second kappa shape index (κ2) is 5.99. The third kappa shape index (κ3) is 3.30. The van der Waals surface area contributed by atoms with E-state index in [-0.39, 0.29) is 6.61 Å². The van der Waals surface area contributed by atoms with Crippen LogP contribution in [0.25, 0.3) is 0 Å². The number of piperazine rings is 1. The topological polar surface area (TPSA) is 35.5 Å². The Labute approximate surface area is 97.1 Å². The zero-order valence-electron chi connectivity index (χ0n) is 9.60. The average Bonchev–Trinajstić information content (AvgIpc) is 2.31. The molecule has 0 amide bonds. The van der Waals surface area contributed by atoms with Gasteiger partial charge in [-0.3, -0.25) is 4.90 Å². The highest BCUT2D eigenvalue weighted by molar-refractivity contribution is 5.16. The van der Waals surface area contributed by atoms with E-state index < -0.39 is 0 Å². The van der Waals surface area contributed by atoms with Crippen molar-refractivity contribution >= 4 is 0 Å². The first-order valence-electron chi connectivity index (χ1n) is 5.99. The lowest BCUT2D eigenvalue weighted by Crippen LogP contribution is -2.52. The van der Waals surface area contributed by atoms with Crippen molar-refractivity contribution in [2.45, 2.75) is 12.5 Å². The zero-order valence-corrected chi connectivity index (χ0v) is 9.60. The van der Waals surface area contributed by atoms with Crippen LogP contribution in [0.1, 0.15) is 5.56 Å². The summed E-state index contributed by atoms with van der Waals surface area (Å²) in [6, 6.07) is 11.1. The first-order chi connectivity index (χ1) is 7.88. The molecule has 1 aromatic rings. The summed E-state index contributed by atoms with van der Waals surface area (Å²) >= 11 is 0. The third-order valence-corrected chi connectivity index (χ3v) is 3.08. The Morgan fingerprint density at radius 2 is 2.12 bits per heavy atom. The summed E-state index contributed by atoms with van der Waals surface area (Å²) < 4.78 is 0. The molecule has 1 heterocycles. The van der Waals surface area contributed by atoms with E-state index >= 15 is 0 Å². The molecule has 2 rings (SSSR count). The first kappa shape index (κ1) is 11.6. The molecule has 16 heavy (non-hydrogen) atoms. The molecule has 0 spiro atoms. The zero-order chi connectivity index (χ0) is 11.2. The van der Waals surface area contributed by atoms with Crippen molar-refractivity contribution in [3.63, 3.8) is 0 Å². The fraction of sp³-hybridized carbons (Fsp3) is 0.538. The van der Waals surface area contributed by atoms with Crippen LogP contribution in [0.4, 0.5) is 0 Å². The molecule has 3 heteroatoms. The number of nitrogens with zero attached hydrogens (tertiary/aromatic N) is 1. The van der Waals surface area contributed by atoms with Crippen molar-refractivity contribution in [2.75, 3.05) is 32.8 Å². The van der Waals surface area contributed by atoms with E-state index in [0.29, 0.717) is 6.04 Å². The summed E-state index contributed by atoms with van der Waals surface area (Å²) in [7, 11) is 0. The predicted molar refractivity (Wildman–Crippen MR) is 65.5 cm³/mol. The van der Waals surface area contributed by atoms with Crippen LogP contribution in [0.15, 0.2) is 30.3 Å². The lowest BCUT2D eigenvalue weighted by Gasteiger charge is -2.33. The fourth-order valence-electron chi connectivity index (χ4n) is 2.27. The number of aliphatic hydroxyl groups is 1. The molecular weight excluding hydrogens is 200 g/mol. The minimum atomic E-state index is 0.262. The number of rotatable bonds is 4. The Bertz CT molecular complexity index is 300. The summed E-state index contributed by atoms with van der Waals surface area (Å²) in [4.78, 5) is 2.32. The Morgan fingerprint density at radius 1 is 1.31 bits per heavy atom. The van der Waals surface area contributed by atoms with Crippen LogP contribution in [-0.4, -0.2) is 48.8 Å². The maximum absolute atomic E-state index is 8.93. The van der Waals surface area contributed by atoms with Crippen molar-refractivity contribution in [1.29, 1.82) is 0 Å². The Morgan fingerprint density at radius 3 is 2.88 bits per heavy atom. The van der Waals surface area contributed by atoms with Crippen LogP contribution >= 0.6 is 0 Å². The maximum Gasteiger partial charge on any atom is 0.0558 e. The molecule has 3 nitrogen and oxygen atoms in total. The molecule has 88 valence electrons. The summed E-state index contributed by atoms with van der Waals surface area (Å²) in [6.07, 6.45) is 1.07. The largest absolute Gasteiger partial charge is 0.395 e. The van der Waals surface area contributed by atoms with Gasteiger partial charge < -0.3 is 10.4 Å². The van der Waals surface area contributed by atoms with Crippen molar-refractivity contribution in [2.24, 2.45) is 0 Å². The highest BCUT2D eigenvalue weighted by Crippen LogP contribution is 2.07. The van der Waals surface area contributed by atoms with Gasteiger partial charge in [0.2, 0.25) is 0 Å². The molecule has 0 aliphatic carbocycles. The average molecular weight is 220 g/mol. The fourth-order valence-corrected chi connectivity index (χ4v) is 2.27. The molecule has 0 unspecified atom stereocenters. The van der Waals surface area contributed by atoms with E-state index in [1.165, 1.54) is 5.56 Å². The quantitative estimate of drug-likeness (QED) is 0.775. The van der Waals surface area contributed by atoms with Gasteiger partial charge in [0, 0.05) is 32.2 Å². The molecule has 2 N–H and O–H groups in total. The number of aliphatic hydroxyl groups excluding tert-OH is 1. The first-order valence-corrected chi connectivity index (χ1v) is 5.99. The lowest BCUT2D eigenvalue weighted by molar-refractivity contribution is 0.157. The number of benzene rings is 1. The van der Waals surface area contributed by atoms with E-state index in [0.717, 1.165) is 32.6 Å². The van der Waals surface area contributed by atoms with Gasteiger partial charge in [-0.15, -0.1) is 0 Å². The molecule has 1 aliphatic rings. The highest BCUT2D eigenvalue weighted by Gasteiger charge is 2.18. The van der Waals surface area contributed by atoms with E-state index in [4.69, 9.17) is 5.11 Å². The molecular formula is C13H20N2O. The third-order valence-electron chi connectivity index (χ3n) is 3.08. The van der Waals surface area contributed by atoms with Crippen LogP contribution in [0.2, 0.25) is 0 Å². The van der Waals surface area contributed by atoms with Crippen LogP contribution in [0.5, 0.6) is 0 Å². The van der Waals surface area contributed by atoms with Crippen molar-refractivity contribution in [1.82, 2.24) is 10.2 Å². The molecule has 1 aliphatic heterocycles. The Hall–Kier alpha value is -0.900. The smallest absolute Gasteiger partial charge is 0.0558 e. The maximum atomic E-state index is 8.93. The standard InChI is InChI=1S/C13H20N2O/c16-9-8-15-7-6-14-13(11-15)10-12-4-2-1-3-5-12/h1-5,13-14,16H,6-11H2/t13-/m0/s1. The van der Waals surface area contributed by atoms with Crippen LogP contribution in [0.3, 0.4) is 0 Å². The van der Waals surface area contributed by atoms with Gasteiger partial charge in [0.05, 0.1) is 6.61 Å². The molecule has 0 aromatic heterocycles. The summed E-state index contributed by atoms with van der Waals surface area (Å²) in [5.41, 5.74) is 1.38. The van der Waals surface area contributed by atoms with E-state index in [9.17, 15) is 0 Å². The molecule has 0 bridgehead atoms. The van der Waals surface area contributed by atoms with Crippen LogP contribution < -0.4 is 5.32 Å². The predicted octanol–water partition coefficient (Wildman–Crippen LogP) is 0.495. The van der Waals surface area contributed by atoms with Gasteiger partial charge in [0.25, 0.3) is 0 Å². The molecule has 1 aromatic carbocycles. The SMILES string of the molecule is OCCN1CCN[C@@H](Cc2ccccc2)C1. The number of hydrogen-bond acceptors (Lipinski definition) is 3. The molecule has 1 fully saturated rings. The summed E-state index contributed by atoms with van der Waals surface area (Å²) in [5, 5.41) is 12.5. The van der Waals surface area contributed by atoms with Gasteiger partial charge >= 0.3 is 0 Å². The van der Waals surface area contributed by atoms with Gasteiger partial charge in [-0.1, -0.05) is 30.3 Å². The van der Waals surface area contributed by atoms with Crippen LogP contribution in [0, 0.1) is 0 Å². The van der Waals surface area contributed by atoms with Crippen LogP contribution in [-0.2, 0) is 6.42 Å². The number of β-amino-alcohol motifs (C(OH)–C–C–N with tert-alkyl or cyclic N) is 1. The van der Waals surface area contributed by atoms with Gasteiger partial charge in [0.1, 0.15) is 0 Å². The second-order valence-electron chi connectivity index (χ2n) is 4.36. The highest BCUT2D eigenvalue weighted by atomic mass is 16.3. The molecule has 0 saturated carbocycles. The van der Waals surface area contributed by atoms with Gasteiger partial charge in [0.15, 0.2) is 0 Å². The number of nitrogens with one attached hydrogen (secondary N) is 1. The van der Waals surface area contributed by atoms with Crippen molar-refractivity contribution in [3.8, 4) is 0 Å². The van der Waals surface area contributed by atoms with E-state index in [2.05, 4.69) is 40.5 Å². The Kier molecular flexibility index (Phi) is 4.34. The molecule has 1 atom stereocenters. The minimum absolute atomic E-state index is 0.262. The van der Waals surface area contributed by atoms with Gasteiger partial charge in [-0.2, -0.15) is 0 Å². The van der Waals surface area contributed by atoms with E-state index in [1.54, 1.807) is 0 Å². The number of hydrogen-bond donors (Lipinski definition) is 2. The summed E-state index contributed by atoms with van der Waals surface area (Å²) in [5.74, 6) is 0. The lowest BCUT2D eigenvalue weighted by atomic mass is 10.0. The monoisotopic (exact) mass is 220 g/mol. The van der Waals surface area contributed by atoms with Crippen molar-refractivity contribution in [3.05, 3.63) is 35.9 Å². The minimum Gasteiger partial charge on any atom is -0.395 e. The van der Waals surface area contributed by atoms with Crippen molar-refractivity contribution < 1.29 is 5.11 Å². The second-order valence-corrected chi connectivity index (χ2v) is 4.36.